The Hall–Kier alpha value is -2.36. The molecule has 25 heavy (non-hydrogen) atoms. The number of sulfone groups is 1. The summed E-state index contributed by atoms with van der Waals surface area (Å²) < 4.78 is 74.8. The maximum atomic E-state index is 13.3. The van der Waals surface area contributed by atoms with E-state index in [2.05, 4.69) is 10.3 Å². The molecule has 1 heterocycles. The average molecular weight is 378 g/mol. The van der Waals surface area contributed by atoms with Crippen molar-refractivity contribution >= 4 is 15.5 Å². The molecule has 1 aromatic heterocycles. The van der Waals surface area contributed by atoms with Crippen molar-refractivity contribution in [2.75, 3.05) is 5.32 Å². The lowest BCUT2D eigenvalue weighted by Gasteiger charge is -2.15. The average Bonchev–Trinajstić information content (AvgIpc) is 2.46. The molecule has 136 valence electrons. The van der Waals surface area contributed by atoms with Crippen molar-refractivity contribution < 1.29 is 26.0 Å². The molecule has 5 nitrogen and oxygen atoms in total. The topological polar surface area (TPSA) is 79.0 Å². The molecule has 1 aromatic carbocycles. The van der Waals surface area contributed by atoms with E-state index in [1.165, 1.54) is 0 Å². The molecule has 2 aromatic rings. The van der Waals surface area contributed by atoms with Crippen LogP contribution < -0.4 is 10.9 Å². The van der Waals surface area contributed by atoms with Gasteiger partial charge in [-0.05, 0) is 43.7 Å². The number of halogens is 4. The molecule has 0 radical (unpaired) electrons. The zero-order chi connectivity index (χ0) is 19.0. The molecule has 0 amide bonds. The molecule has 0 aliphatic rings. The van der Waals surface area contributed by atoms with Crippen molar-refractivity contribution in [1.29, 1.82) is 0 Å². The van der Waals surface area contributed by atoms with Crippen LogP contribution in [0.25, 0.3) is 0 Å². The maximum absolute atomic E-state index is 13.3. The molecule has 0 spiro atoms. The first kappa shape index (κ1) is 19.0. The lowest BCUT2D eigenvalue weighted by atomic mass is 10.1. The first-order chi connectivity index (χ1) is 11.4. The van der Waals surface area contributed by atoms with Crippen molar-refractivity contribution in [1.82, 2.24) is 4.98 Å². The fraction of sp³-hybridized carbons (Fsp3) is 0.267. The van der Waals surface area contributed by atoms with E-state index in [-0.39, 0.29) is 18.2 Å². The normalized spacial score (nSPS) is 12.2. The Balaban J connectivity index is 2.44. The summed E-state index contributed by atoms with van der Waals surface area (Å²) in [6, 6.07) is 3.66. The van der Waals surface area contributed by atoms with E-state index in [4.69, 9.17) is 0 Å². The lowest BCUT2D eigenvalue weighted by molar-refractivity contribution is -0.0435. The van der Waals surface area contributed by atoms with E-state index >= 15 is 0 Å². The van der Waals surface area contributed by atoms with Gasteiger partial charge in [-0.1, -0.05) is 0 Å². The summed E-state index contributed by atoms with van der Waals surface area (Å²) in [4.78, 5) is 13.2. The number of aromatic nitrogens is 1. The number of nitrogens with one attached hydrogen (secondary N) is 2. The fourth-order valence-corrected chi connectivity index (χ4v) is 3.22. The Kier molecular flexibility index (Phi) is 4.94. The van der Waals surface area contributed by atoms with E-state index in [1.807, 2.05) is 0 Å². The highest BCUT2D eigenvalue weighted by molar-refractivity contribution is 7.92. The maximum Gasteiger partial charge on any atom is 0.501 e. The van der Waals surface area contributed by atoms with E-state index in [1.54, 1.807) is 19.9 Å². The molecule has 0 saturated heterocycles. The van der Waals surface area contributed by atoms with Crippen molar-refractivity contribution in [2.24, 2.45) is 0 Å². The third kappa shape index (κ3) is 3.84. The van der Waals surface area contributed by atoms with Crippen LogP contribution in [-0.4, -0.2) is 18.9 Å². The van der Waals surface area contributed by atoms with Gasteiger partial charge in [0.2, 0.25) is 0 Å². The van der Waals surface area contributed by atoms with Gasteiger partial charge in [-0.25, -0.2) is 12.8 Å². The molecular formula is C15H14F4N2O3S. The summed E-state index contributed by atoms with van der Waals surface area (Å²) in [6.45, 7) is 3.07. The van der Waals surface area contributed by atoms with Gasteiger partial charge in [-0.3, -0.25) is 4.79 Å². The minimum absolute atomic E-state index is 0.227. The van der Waals surface area contributed by atoms with Gasteiger partial charge in [0.15, 0.2) is 0 Å². The van der Waals surface area contributed by atoms with Crippen LogP contribution in [0.3, 0.4) is 0 Å². The second kappa shape index (κ2) is 6.51. The third-order valence-corrected chi connectivity index (χ3v) is 5.01. The summed E-state index contributed by atoms with van der Waals surface area (Å²) in [7, 11) is -5.75. The predicted molar refractivity (Wildman–Crippen MR) is 83.5 cm³/mol. The second-order valence-corrected chi connectivity index (χ2v) is 7.30. The first-order valence-electron chi connectivity index (χ1n) is 6.97. The highest BCUT2D eigenvalue weighted by Crippen LogP contribution is 2.34. The van der Waals surface area contributed by atoms with Gasteiger partial charge in [0.05, 0.1) is 5.69 Å². The van der Waals surface area contributed by atoms with Crippen LogP contribution in [0.15, 0.2) is 34.0 Å². The van der Waals surface area contributed by atoms with Crippen molar-refractivity contribution in [3.8, 4) is 0 Å². The SMILES string of the molecule is Cc1cc(C)c(CNc2ccc(F)cc2S(=O)(=O)C(F)(F)F)c(=O)[nH]1. The van der Waals surface area contributed by atoms with Crippen LogP contribution in [0.4, 0.5) is 23.2 Å². The third-order valence-electron chi connectivity index (χ3n) is 3.49. The lowest BCUT2D eigenvalue weighted by Crippen LogP contribution is -2.25. The Morgan fingerprint density at radius 2 is 1.80 bits per heavy atom. The van der Waals surface area contributed by atoms with Crippen LogP contribution >= 0.6 is 0 Å². The number of hydrogen-bond acceptors (Lipinski definition) is 4. The molecular weight excluding hydrogens is 364 g/mol. The Morgan fingerprint density at radius 1 is 1.16 bits per heavy atom. The summed E-state index contributed by atoms with van der Waals surface area (Å²) >= 11 is 0. The van der Waals surface area contributed by atoms with Gasteiger partial charge < -0.3 is 10.3 Å². The van der Waals surface area contributed by atoms with Crippen LogP contribution in [0.5, 0.6) is 0 Å². The van der Waals surface area contributed by atoms with Crippen LogP contribution in [-0.2, 0) is 16.4 Å². The number of anilines is 1. The Bertz CT molecular complexity index is 966. The van der Waals surface area contributed by atoms with Gasteiger partial charge in [0, 0.05) is 17.8 Å². The highest BCUT2D eigenvalue weighted by Gasteiger charge is 2.48. The molecule has 0 aliphatic heterocycles. The first-order valence-corrected chi connectivity index (χ1v) is 8.46. The van der Waals surface area contributed by atoms with Gasteiger partial charge in [0.1, 0.15) is 10.7 Å². The van der Waals surface area contributed by atoms with Gasteiger partial charge in [0.25, 0.3) is 15.4 Å². The van der Waals surface area contributed by atoms with Crippen molar-refractivity contribution in [2.45, 2.75) is 30.8 Å². The molecule has 10 heteroatoms. The molecule has 0 unspecified atom stereocenters. The molecule has 0 atom stereocenters. The zero-order valence-electron chi connectivity index (χ0n) is 13.2. The van der Waals surface area contributed by atoms with Gasteiger partial charge >= 0.3 is 5.51 Å². The number of hydrogen-bond donors (Lipinski definition) is 2. The molecule has 0 saturated carbocycles. The van der Waals surface area contributed by atoms with E-state index in [0.717, 1.165) is 12.1 Å². The largest absolute Gasteiger partial charge is 0.501 e. The molecule has 0 bridgehead atoms. The second-order valence-electron chi connectivity index (χ2n) is 5.39. The van der Waals surface area contributed by atoms with Crippen LogP contribution in [0, 0.1) is 19.7 Å². The van der Waals surface area contributed by atoms with Gasteiger partial charge in [-0.15, -0.1) is 0 Å². The summed E-state index contributed by atoms with van der Waals surface area (Å²) in [5.41, 5.74) is -5.06. The minimum atomic E-state index is -5.75. The number of alkyl halides is 3. The monoisotopic (exact) mass is 378 g/mol. The quantitative estimate of drug-likeness (QED) is 0.802. The highest BCUT2D eigenvalue weighted by atomic mass is 32.2. The van der Waals surface area contributed by atoms with E-state index in [0.29, 0.717) is 11.3 Å². The number of rotatable bonds is 4. The summed E-state index contributed by atoms with van der Waals surface area (Å²) in [5.74, 6) is -1.13. The number of aryl methyl sites for hydroxylation is 2. The minimum Gasteiger partial charge on any atom is -0.380 e. The molecule has 0 fully saturated rings. The number of aromatic amines is 1. The molecule has 0 aliphatic carbocycles. The summed E-state index contributed by atoms with van der Waals surface area (Å²) in [6.07, 6.45) is 0. The predicted octanol–water partition coefficient (Wildman–Crippen LogP) is 3.04. The Morgan fingerprint density at radius 3 is 2.36 bits per heavy atom. The number of benzene rings is 1. The fourth-order valence-electron chi connectivity index (χ4n) is 2.27. The van der Waals surface area contributed by atoms with Crippen molar-refractivity contribution in [3.63, 3.8) is 0 Å². The van der Waals surface area contributed by atoms with Crippen LogP contribution in [0.1, 0.15) is 16.8 Å². The van der Waals surface area contributed by atoms with Crippen molar-refractivity contribution in [3.05, 3.63) is 57.3 Å². The Labute approximate surface area is 140 Å². The summed E-state index contributed by atoms with van der Waals surface area (Å²) in [5, 5.41) is 2.47. The van der Waals surface area contributed by atoms with E-state index < -0.39 is 37.3 Å². The molecule has 2 rings (SSSR count). The van der Waals surface area contributed by atoms with Gasteiger partial charge in [-0.2, -0.15) is 13.2 Å². The number of H-pyrrole nitrogens is 1. The number of pyridine rings is 1. The van der Waals surface area contributed by atoms with Crippen LogP contribution in [0.2, 0.25) is 0 Å². The zero-order valence-corrected chi connectivity index (χ0v) is 14.0. The smallest absolute Gasteiger partial charge is 0.380 e. The van der Waals surface area contributed by atoms with E-state index in [9.17, 15) is 30.8 Å². The molecule has 2 N–H and O–H groups in total. The standard InChI is InChI=1S/C15H14F4N2O3S/c1-8-5-9(2)21-14(22)11(8)7-20-12-4-3-10(16)6-13(12)25(23,24)15(17,18)19/h3-6,20H,7H2,1-2H3,(H,21,22).